The van der Waals surface area contributed by atoms with Gasteiger partial charge >= 0.3 is 0 Å². The Morgan fingerprint density at radius 3 is 2.43 bits per heavy atom. The van der Waals surface area contributed by atoms with Gasteiger partial charge in [-0.3, -0.25) is 0 Å². The van der Waals surface area contributed by atoms with Crippen molar-refractivity contribution in [3.63, 3.8) is 0 Å². The average molecular weight is 188 g/mol. The van der Waals surface area contributed by atoms with Crippen molar-refractivity contribution >= 4 is 0 Å². The van der Waals surface area contributed by atoms with E-state index in [1.54, 1.807) is 0 Å². The summed E-state index contributed by atoms with van der Waals surface area (Å²) >= 11 is 0. The SMILES string of the molecule is C=C=C(CC)C(O)c1ccc(C)cc1. The normalized spacial score (nSPS) is 11.9. The summed E-state index contributed by atoms with van der Waals surface area (Å²) in [6, 6.07) is 7.86. The third kappa shape index (κ3) is 2.35. The van der Waals surface area contributed by atoms with Crippen molar-refractivity contribution in [1.29, 1.82) is 0 Å². The average Bonchev–Trinajstić information content (AvgIpc) is 2.20. The first-order chi connectivity index (χ1) is 6.69. The third-order valence-corrected chi connectivity index (χ3v) is 2.33. The van der Waals surface area contributed by atoms with Gasteiger partial charge in [0.15, 0.2) is 0 Å². The van der Waals surface area contributed by atoms with E-state index in [1.165, 1.54) is 5.56 Å². The lowest BCUT2D eigenvalue weighted by Gasteiger charge is -2.11. The van der Waals surface area contributed by atoms with E-state index >= 15 is 0 Å². The second-order valence-electron chi connectivity index (χ2n) is 3.37. The molecule has 0 spiro atoms. The van der Waals surface area contributed by atoms with Gasteiger partial charge in [0.25, 0.3) is 0 Å². The van der Waals surface area contributed by atoms with Crippen molar-refractivity contribution in [2.45, 2.75) is 26.4 Å². The number of hydrogen-bond acceptors (Lipinski definition) is 1. The Hall–Kier alpha value is -1.30. The molecule has 1 aromatic rings. The van der Waals surface area contributed by atoms with E-state index < -0.39 is 6.10 Å². The van der Waals surface area contributed by atoms with Gasteiger partial charge in [0.05, 0.1) is 0 Å². The Morgan fingerprint density at radius 2 is 2.00 bits per heavy atom. The summed E-state index contributed by atoms with van der Waals surface area (Å²) in [5.41, 5.74) is 5.72. The van der Waals surface area contributed by atoms with Gasteiger partial charge in [0.1, 0.15) is 6.10 Å². The van der Waals surface area contributed by atoms with Crippen molar-refractivity contribution in [1.82, 2.24) is 0 Å². The largest absolute Gasteiger partial charge is 0.383 e. The summed E-state index contributed by atoms with van der Waals surface area (Å²) in [6.45, 7) is 7.59. The van der Waals surface area contributed by atoms with Gasteiger partial charge in [-0.25, -0.2) is 0 Å². The maximum absolute atomic E-state index is 9.93. The molecule has 0 radical (unpaired) electrons. The summed E-state index contributed by atoms with van der Waals surface area (Å²) in [6.07, 6.45) is 0.219. The Morgan fingerprint density at radius 1 is 1.43 bits per heavy atom. The number of aliphatic hydroxyl groups excluding tert-OH is 1. The molecule has 1 aromatic carbocycles. The summed E-state index contributed by atoms with van der Waals surface area (Å²) in [4.78, 5) is 0. The van der Waals surface area contributed by atoms with Crippen LogP contribution < -0.4 is 0 Å². The van der Waals surface area contributed by atoms with Crippen LogP contribution in [-0.4, -0.2) is 5.11 Å². The van der Waals surface area contributed by atoms with Crippen LogP contribution in [0.5, 0.6) is 0 Å². The molecule has 0 saturated carbocycles. The highest BCUT2D eigenvalue weighted by molar-refractivity contribution is 5.28. The molecular formula is C13H16O. The van der Waals surface area contributed by atoms with Crippen LogP contribution in [-0.2, 0) is 0 Å². The number of rotatable bonds is 3. The standard InChI is InChI=1S/C13H16O/c1-4-11(5-2)13(14)12-8-6-10(3)7-9-12/h6-9,13-14H,1,5H2,2-3H3. The summed E-state index contributed by atoms with van der Waals surface area (Å²) < 4.78 is 0. The van der Waals surface area contributed by atoms with Crippen LogP contribution in [0.2, 0.25) is 0 Å². The molecule has 1 N–H and O–H groups in total. The van der Waals surface area contributed by atoms with Gasteiger partial charge in [-0.05, 0) is 18.9 Å². The highest BCUT2D eigenvalue weighted by Gasteiger charge is 2.10. The smallest absolute Gasteiger partial charge is 0.107 e. The molecule has 0 amide bonds. The van der Waals surface area contributed by atoms with Crippen molar-refractivity contribution in [2.24, 2.45) is 0 Å². The van der Waals surface area contributed by atoms with Gasteiger partial charge in [0, 0.05) is 5.57 Å². The van der Waals surface area contributed by atoms with Crippen LogP contribution in [0.25, 0.3) is 0 Å². The Balaban J connectivity index is 2.94. The fourth-order valence-electron chi connectivity index (χ4n) is 1.36. The predicted octanol–water partition coefficient (Wildman–Crippen LogP) is 3.15. The number of hydrogen-bond donors (Lipinski definition) is 1. The zero-order valence-electron chi connectivity index (χ0n) is 8.75. The molecule has 74 valence electrons. The second-order valence-corrected chi connectivity index (χ2v) is 3.37. The van der Waals surface area contributed by atoms with E-state index in [4.69, 9.17) is 0 Å². The van der Waals surface area contributed by atoms with Crippen LogP contribution in [0, 0.1) is 6.92 Å². The Labute approximate surface area is 85.4 Å². The lowest BCUT2D eigenvalue weighted by Crippen LogP contribution is -1.99. The number of aryl methyl sites for hydroxylation is 1. The Bertz CT molecular complexity index is 342. The number of benzene rings is 1. The topological polar surface area (TPSA) is 20.2 Å². The van der Waals surface area contributed by atoms with Crippen LogP contribution in [0.15, 0.2) is 42.1 Å². The Kier molecular flexibility index (Phi) is 3.70. The maximum Gasteiger partial charge on any atom is 0.107 e. The van der Waals surface area contributed by atoms with Gasteiger partial charge in [-0.2, -0.15) is 0 Å². The molecule has 0 aliphatic rings. The van der Waals surface area contributed by atoms with Crippen LogP contribution in [0.1, 0.15) is 30.6 Å². The lowest BCUT2D eigenvalue weighted by molar-refractivity contribution is 0.212. The first kappa shape index (κ1) is 10.8. The molecule has 0 saturated heterocycles. The molecule has 1 atom stereocenters. The summed E-state index contributed by atoms with van der Waals surface area (Å²) in [7, 11) is 0. The lowest BCUT2D eigenvalue weighted by atomic mass is 10.00. The molecule has 1 heteroatoms. The van der Waals surface area contributed by atoms with Crippen molar-refractivity contribution in [2.75, 3.05) is 0 Å². The van der Waals surface area contributed by atoms with E-state index in [9.17, 15) is 5.11 Å². The molecular weight excluding hydrogens is 172 g/mol. The molecule has 0 fully saturated rings. The first-order valence-electron chi connectivity index (χ1n) is 4.82. The van der Waals surface area contributed by atoms with E-state index in [2.05, 4.69) is 12.3 Å². The molecule has 1 nitrogen and oxygen atoms in total. The maximum atomic E-state index is 9.93. The van der Waals surface area contributed by atoms with E-state index in [0.717, 1.165) is 17.6 Å². The van der Waals surface area contributed by atoms with Gasteiger partial charge < -0.3 is 5.11 Å². The summed E-state index contributed by atoms with van der Waals surface area (Å²) in [5, 5.41) is 9.93. The zero-order chi connectivity index (χ0) is 10.6. The van der Waals surface area contributed by atoms with Gasteiger partial charge in [0.2, 0.25) is 0 Å². The minimum absolute atomic E-state index is 0.557. The highest BCUT2D eigenvalue weighted by Crippen LogP contribution is 2.22. The van der Waals surface area contributed by atoms with Crippen molar-refractivity contribution in [3.8, 4) is 0 Å². The van der Waals surface area contributed by atoms with E-state index in [-0.39, 0.29) is 0 Å². The quantitative estimate of drug-likeness (QED) is 0.722. The molecule has 0 aliphatic heterocycles. The van der Waals surface area contributed by atoms with E-state index in [0.29, 0.717) is 0 Å². The van der Waals surface area contributed by atoms with Crippen molar-refractivity contribution in [3.05, 3.63) is 53.3 Å². The number of aliphatic hydroxyl groups is 1. The van der Waals surface area contributed by atoms with Gasteiger partial charge in [-0.15, -0.1) is 5.73 Å². The minimum atomic E-state index is -0.557. The van der Waals surface area contributed by atoms with Crippen molar-refractivity contribution < 1.29 is 5.11 Å². The highest BCUT2D eigenvalue weighted by atomic mass is 16.3. The fraction of sp³-hybridized carbons (Fsp3) is 0.308. The van der Waals surface area contributed by atoms with Gasteiger partial charge in [-0.1, -0.05) is 43.3 Å². The molecule has 0 aliphatic carbocycles. The van der Waals surface area contributed by atoms with Crippen LogP contribution >= 0.6 is 0 Å². The minimum Gasteiger partial charge on any atom is -0.383 e. The second kappa shape index (κ2) is 4.80. The predicted molar refractivity (Wildman–Crippen MR) is 59.1 cm³/mol. The van der Waals surface area contributed by atoms with E-state index in [1.807, 2.05) is 38.1 Å². The molecule has 0 heterocycles. The zero-order valence-corrected chi connectivity index (χ0v) is 8.75. The molecule has 14 heavy (non-hydrogen) atoms. The molecule has 1 rings (SSSR count). The molecule has 1 unspecified atom stereocenters. The monoisotopic (exact) mass is 188 g/mol. The van der Waals surface area contributed by atoms with Crippen LogP contribution in [0.3, 0.4) is 0 Å². The summed E-state index contributed by atoms with van der Waals surface area (Å²) in [5.74, 6) is 0. The molecule has 0 bridgehead atoms. The molecule has 0 aromatic heterocycles. The van der Waals surface area contributed by atoms with Crippen LogP contribution in [0.4, 0.5) is 0 Å². The third-order valence-electron chi connectivity index (χ3n) is 2.33. The fourth-order valence-corrected chi connectivity index (χ4v) is 1.36. The first-order valence-corrected chi connectivity index (χ1v) is 4.82.